The first-order valence-corrected chi connectivity index (χ1v) is 12.1. The lowest BCUT2D eigenvalue weighted by atomic mass is 9.80. The molecule has 0 spiro atoms. The minimum absolute atomic E-state index is 0.00410. The number of nitrogens with two attached hydrogens (primary N) is 1. The third kappa shape index (κ3) is 5.38. The quantitative estimate of drug-likeness (QED) is 0.492. The van der Waals surface area contributed by atoms with Gasteiger partial charge in [-0.25, -0.2) is 19.7 Å². The van der Waals surface area contributed by atoms with Gasteiger partial charge in [-0.2, -0.15) is 23.7 Å². The van der Waals surface area contributed by atoms with Crippen LogP contribution < -0.4 is 10.6 Å². The van der Waals surface area contributed by atoms with Gasteiger partial charge in [-0.15, -0.1) is 0 Å². The molecule has 1 aliphatic heterocycles. The Morgan fingerprint density at radius 1 is 1.21 bits per heavy atom. The highest BCUT2D eigenvalue weighted by Crippen LogP contribution is 2.47. The minimum Gasteiger partial charge on any atom is -0.449 e. The van der Waals surface area contributed by atoms with Gasteiger partial charge >= 0.3 is 12.3 Å². The first kappa shape index (κ1) is 27.5. The van der Waals surface area contributed by atoms with Crippen molar-refractivity contribution in [3.05, 3.63) is 82.2 Å². The number of hydrogen-bond donors (Lipinski definition) is 1. The SMILES string of the molecule is CCOC(=O)N1c2ccc(C(F)(F)F)cc2[C@@H](c2ncc(C#N)c(Cc3cccc(C#N)n3)n2)C[C@@]1(N)CC. The largest absolute Gasteiger partial charge is 0.449 e. The summed E-state index contributed by atoms with van der Waals surface area (Å²) >= 11 is 0. The third-order valence-electron chi connectivity index (χ3n) is 6.63. The van der Waals surface area contributed by atoms with Crippen molar-refractivity contribution in [2.75, 3.05) is 11.5 Å². The molecule has 9 nitrogen and oxygen atoms in total. The number of hydrogen-bond acceptors (Lipinski definition) is 8. The summed E-state index contributed by atoms with van der Waals surface area (Å²) < 4.78 is 46.4. The van der Waals surface area contributed by atoms with Gasteiger partial charge in [0.25, 0.3) is 0 Å². The Kier molecular flexibility index (Phi) is 7.52. The third-order valence-corrected chi connectivity index (χ3v) is 6.63. The summed E-state index contributed by atoms with van der Waals surface area (Å²) in [6.07, 6.45) is -3.75. The van der Waals surface area contributed by atoms with Gasteiger partial charge in [0.2, 0.25) is 0 Å². The second-order valence-corrected chi connectivity index (χ2v) is 9.02. The molecule has 1 amide bonds. The topological polar surface area (TPSA) is 142 Å². The van der Waals surface area contributed by atoms with Gasteiger partial charge < -0.3 is 10.5 Å². The van der Waals surface area contributed by atoms with Crippen molar-refractivity contribution < 1.29 is 22.7 Å². The zero-order chi connectivity index (χ0) is 28.4. The lowest BCUT2D eigenvalue weighted by Gasteiger charge is -2.46. The van der Waals surface area contributed by atoms with Crippen LogP contribution in [0.1, 0.15) is 72.2 Å². The van der Waals surface area contributed by atoms with Crippen molar-refractivity contribution in [1.82, 2.24) is 15.0 Å². The number of fused-ring (bicyclic) bond motifs is 1. The van der Waals surface area contributed by atoms with E-state index in [1.54, 1.807) is 26.0 Å². The molecule has 2 N–H and O–H groups in total. The van der Waals surface area contributed by atoms with Gasteiger partial charge in [0.05, 0.1) is 29.1 Å². The molecular weight excluding hydrogens is 511 g/mol. The maximum atomic E-state index is 13.7. The summed E-state index contributed by atoms with van der Waals surface area (Å²) in [5.41, 5.74) is 5.94. The Balaban J connectivity index is 1.88. The summed E-state index contributed by atoms with van der Waals surface area (Å²) in [6.45, 7) is 3.44. The fourth-order valence-electron chi connectivity index (χ4n) is 4.65. The monoisotopic (exact) mass is 535 g/mol. The average Bonchev–Trinajstić information content (AvgIpc) is 2.92. The van der Waals surface area contributed by atoms with Crippen LogP contribution in [-0.4, -0.2) is 33.3 Å². The highest BCUT2D eigenvalue weighted by molar-refractivity contribution is 5.91. The Morgan fingerprint density at radius 2 is 1.97 bits per heavy atom. The van der Waals surface area contributed by atoms with E-state index in [4.69, 9.17) is 15.7 Å². The summed E-state index contributed by atoms with van der Waals surface area (Å²) in [7, 11) is 0. The number of carbonyl (C=O) groups is 1. The van der Waals surface area contributed by atoms with E-state index in [9.17, 15) is 23.2 Å². The molecule has 3 aromatic rings. The predicted octanol–water partition coefficient (Wildman–Crippen LogP) is 4.79. The number of alkyl halides is 3. The van der Waals surface area contributed by atoms with Crippen molar-refractivity contribution in [3.8, 4) is 12.1 Å². The number of halogens is 3. The van der Waals surface area contributed by atoms with Crippen molar-refractivity contribution in [2.45, 2.75) is 50.9 Å². The summed E-state index contributed by atoms with van der Waals surface area (Å²) in [4.78, 5) is 27.3. The van der Waals surface area contributed by atoms with Gasteiger partial charge in [0.1, 0.15) is 29.3 Å². The van der Waals surface area contributed by atoms with E-state index in [0.29, 0.717) is 11.4 Å². The Bertz CT molecular complexity index is 1500. The average molecular weight is 536 g/mol. The van der Waals surface area contributed by atoms with Crippen LogP contribution in [0.15, 0.2) is 42.6 Å². The predicted molar refractivity (Wildman–Crippen MR) is 133 cm³/mol. The van der Waals surface area contributed by atoms with E-state index in [-0.39, 0.29) is 54.2 Å². The first-order valence-electron chi connectivity index (χ1n) is 12.1. The van der Waals surface area contributed by atoms with E-state index >= 15 is 0 Å². The number of amides is 1. The number of nitrogens with zero attached hydrogens (tertiary/aromatic N) is 6. The highest BCUT2D eigenvalue weighted by atomic mass is 19.4. The van der Waals surface area contributed by atoms with Gasteiger partial charge in [-0.1, -0.05) is 13.0 Å². The molecule has 12 heteroatoms. The smallest absolute Gasteiger partial charge is 0.416 e. The number of benzene rings is 1. The molecule has 3 heterocycles. The summed E-state index contributed by atoms with van der Waals surface area (Å²) in [5.74, 6) is -0.685. The molecule has 0 aliphatic carbocycles. The fourth-order valence-corrected chi connectivity index (χ4v) is 4.65. The van der Waals surface area contributed by atoms with Crippen LogP contribution >= 0.6 is 0 Å². The summed E-state index contributed by atoms with van der Waals surface area (Å²) in [5, 5.41) is 18.8. The zero-order valence-corrected chi connectivity index (χ0v) is 21.2. The van der Waals surface area contributed by atoms with Crippen molar-refractivity contribution in [3.63, 3.8) is 0 Å². The molecule has 39 heavy (non-hydrogen) atoms. The lowest BCUT2D eigenvalue weighted by Crippen LogP contribution is -2.61. The highest BCUT2D eigenvalue weighted by Gasteiger charge is 2.47. The Hall–Kier alpha value is -4.55. The van der Waals surface area contributed by atoms with Crippen LogP contribution in [0.4, 0.5) is 23.7 Å². The van der Waals surface area contributed by atoms with Crippen molar-refractivity contribution in [1.29, 1.82) is 10.5 Å². The molecule has 0 unspecified atom stereocenters. The van der Waals surface area contributed by atoms with Crippen molar-refractivity contribution >= 4 is 11.8 Å². The number of pyridine rings is 1. The van der Waals surface area contributed by atoms with Crippen LogP contribution in [0.2, 0.25) is 0 Å². The van der Waals surface area contributed by atoms with E-state index in [1.807, 2.05) is 12.1 Å². The summed E-state index contributed by atoms with van der Waals surface area (Å²) in [6, 6.07) is 11.9. The molecular formula is C27H24F3N7O2. The van der Waals surface area contributed by atoms with Crippen LogP contribution in [0.25, 0.3) is 0 Å². The van der Waals surface area contributed by atoms with Crippen LogP contribution in [0.3, 0.4) is 0 Å². The van der Waals surface area contributed by atoms with E-state index in [1.165, 1.54) is 23.2 Å². The number of carbonyl (C=O) groups excluding carboxylic acids is 1. The first-order chi connectivity index (χ1) is 18.5. The second kappa shape index (κ2) is 10.7. The molecule has 0 radical (unpaired) electrons. The molecule has 2 atom stereocenters. The van der Waals surface area contributed by atoms with E-state index in [2.05, 4.69) is 15.0 Å². The van der Waals surface area contributed by atoms with Gasteiger partial charge in [0, 0.05) is 24.2 Å². The normalized spacial score (nSPS) is 18.6. The second-order valence-electron chi connectivity index (χ2n) is 9.02. The number of aromatic nitrogens is 3. The standard InChI is InChI=1S/C27H24F3N7O2/c1-3-26(33)12-21(20-10-17(27(28,29)30)8-9-23(20)37(26)25(38)39-4-2)24-34-15-16(13-31)22(36-24)11-18-6-5-7-19(14-32)35-18/h5-10,15,21H,3-4,11-12,33H2,1-2H3/t21-,26+/m0/s1. The molecule has 200 valence electrons. The number of nitriles is 2. The molecule has 0 fully saturated rings. The maximum absolute atomic E-state index is 13.7. The molecule has 2 aromatic heterocycles. The molecule has 4 rings (SSSR count). The van der Waals surface area contributed by atoms with Gasteiger partial charge in [-0.3, -0.25) is 4.90 Å². The molecule has 0 bridgehead atoms. The fraction of sp³-hybridized carbons (Fsp3) is 0.333. The van der Waals surface area contributed by atoms with Crippen LogP contribution in [-0.2, 0) is 17.3 Å². The van der Waals surface area contributed by atoms with Crippen LogP contribution in [0.5, 0.6) is 0 Å². The minimum atomic E-state index is -4.63. The van der Waals surface area contributed by atoms with Gasteiger partial charge in [0.15, 0.2) is 0 Å². The number of ether oxygens (including phenoxy) is 1. The van der Waals surface area contributed by atoms with Crippen molar-refractivity contribution in [2.24, 2.45) is 5.73 Å². The zero-order valence-electron chi connectivity index (χ0n) is 21.2. The van der Waals surface area contributed by atoms with E-state index < -0.39 is 29.4 Å². The molecule has 1 aliphatic rings. The van der Waals surface area contributed by atoms with Crippen LogP contribution in [0, 0.1) is 22.7 Å². The Labute approximate surface area is 222 Å². The molecule has 1 aromatic carbocycles. The lowest BCUT2D eigenvalue weighted by molar-refractivity contribution is -0.137. The molecule has 0 saturated heterocycles. The Morgan fingerprint density at radius 3 is 2.62 bits per heavy atom. The molecule has 0 saturated carbocycles. The maximum Gasteiger partial charge on any atom is 0.416 e. The number of rotatable bonds is 5. The van der Waals surface area contributed by atoms with Gasteiger partial charge in [-0.05, 0) is 55.7 Å². The number of anilines is 1. The van der Waals surface area contributed by atoms with E-state index in [0.717, 1.165) is 12.1 Å².